The van der Waals surface area contributed by atoms with Crippen molar-refractivity contribution in [3.63, 3.8) is 0 Å². The predicted molar refractivity (Wildman–Crippen MR) is 141 cm³/mol. The summed E-state index contributed by atoms with van der Waals surface area (Å²) in [5, 5.41) is 4.90. The van der Waals surface area contributed by atoms with Crippen LogP contribution in [0.15, 0.2) is 122 Å². The zero-order chi connectivity index (χ0) is 23.2. The minimum atomic E-state index is 0.645. The van der Waals surface area contributed by atoms with Crippen LogP contribution in [0.3, 0.4) is 0 Å². The Bertz CT molecular complexity index is 1670. The van der Waals surface area contributed by atoms with Crippen LogP contribution in [0, 0.1) is 0 Å². The zero-order valence-corrected chi connectivity index (χ0v) is 18.9. The quantitative estimate of drug-likeness (QED) is 0.304. The molecule has 35 heavy (non-hydrogen) atoms. The van der Waals surface area contributed by atoms with Gasteiger partial charge in [-0.05, 0) is 45.8 Å². The van der Waals surface area contributed by atoms with Crippen LogP contribution in [0.2, 0.25) is 0 Å². The third-order valence-electron chi connectivity index (χ3n) is 6.64. The molecule has 2 aliphatic rings. The molecule has 0 bridgehead atoms. The van der Waals surface area contributed by atoms with Crippen LogP contribution in [-0.2, 0) is 0 Å². The van der Waals surface area contributed by atoms with Gasteiger partial charge in [0.15, 0.2) is 5.82 Å². The van der Waals surface area contributed by atoms with Crippen molar-refractivity contribution in [2.45, 2.75) is 0 Å². The molecule has 166 valence electrons. The molecule has 5 aromatic rings. The highest BCUT2D eigenvalue weighted by Gasteiger charge is 2.38. The minimum Gasteiger partial charge on any atom is -0.321 e. The molecule has 0 amide bonds. The first kappa shape index (κ1) is 19.7. The van der Waals surface area contributed by atoms with E-state index in [0.29, 0.717) is 5.82 Å². The number of anilines is 1. The van der Waals surface area contributed by atoms with E-state index >= 15 is 0 Å². The second-order valence-electron chi connectivity index (χ2n) is 8.58. The third kappa shape index (κ3) is 3.05. The number of rotatable bonds is 3. The second-order valence-corrected chi connectivity index (χ2v) is 8.58. The molecule has 4 aromatic carbocycles. The Balaban J connectivity index is 1.62. The zero-order valence-electron chi connectivity index (χ0n) is 18.9. The topological polar surface area (TPSA) is 45.2 Å². The van der Waals surface area contributed by atoms with Crippen LogP contribution in [0.5, 0.6) is 0 Å². The smallest absolute Gasteiger partial charge is 0.181 e. The molecule has 0 aliphatic carbocycles. The standard InChI is InChI=1S/C30H21N5/c1-2-11-22(12-3-1)35-27-16-8-9-17-34(27)28(29(35)30-32-19-31-20-33-30)26-18-21-10-4-5-13-23(21)24-14-6-7-15-25(24)26/h1-16,18-20H,17H2. The van der Waals surface area contributed by atoms with Gasteiger partial charge in [-0.15, -0.1) is 0 Å². The first-order valence-electron chi connectivity index (χ1n) is 11.7. The van der Waals surface area contributed by atoms with Gasteiger partial charge in [0.25, 0.3) is 0 Å². The summed E-state index contributed by atoms with van der Waals surface area (Å²) in [7, 11) is 0. The van der Waals surface area contributed by atoms with Crippen LogP contribution in [0.25, 0.3) is 32.9 Å². The summed E-state index contributed by atoms with van der Waals surface area (Å²) in [5.74, 6) is 1.73. The lowest BCUT2D eigenvalue weighted by atomic mass is 9.94. The Hall–Kier alpha value is -4.77. The number of hydrogen-bond donors (Lipinski definition) is 0. The molecule has 2 aliphatic heterocycles. The van der Waals surface area contributed by atoms with E-state index in [0.717, 1.165) is 35.0 Å². The van der Waals surface area contributed by atoms with Crippen molar-refractivity contribution in [3.8, 4) is 0 Å². The maximum Gasteiger partial charge on any atom is 0.181 e. The Morgan fingerprint density at radius 1 is 0.686 bits per heavy atom. The molecule has 7 rings (SSSR count). The maximum absolute atomic E-state index is 4.62. The first-order chi connectivity index (χ1) is 17.4. The largest absolute Gasteiger partial charge is 0.321 e. The summed E-state index contributed by atoms with van der Waals surface area (Å²) in [4.78, 5) is 17.9. The van der Waals surface area contributed by atoms with Crippen molar-refractivity contribution < 1.29 is 0 Å². The van der Waals surface area contributed by atoms with E-state index in [-0.39, 0.29) is 0 Å². The van der Waals surface area contributed by atoms with Gasteiger partial charge in [0.05, 0.1) is 5.70 Å². The van der Waals surface area contributed by atoms with E-state index in [2.05, 4.69) is 122 Å². The molecule has 1 aromatic heterocycles. The van der Waals surface area contributed by atoms with Crippen molar-refractivity contribution in [3.05, 3.63) is 133 Å². The SMILES string of the molecule is C1=CCN2C(=C1)N(c1ccccc1)C(c1ncncn1)=C2c1cc2ccccc2c2ccccc12. The Morgan fingerprint density at radius 3 is 2.23 bits per heavy atom. The van der Waals surface area contributed by atoms with Crippen LogP contribution < -0.4 is 4.90 Å². The van der Waals surface area contributed by atoms with Crippen molar-refractivity contribution in [1.82, 2.24) is 19.9 Å². The molecule has 0 atom stereocenters. The third-order valence-corrected chi connectivity index (χ3v) is 6.64. The fraction of sp³-hybridized carbons (Fsp3) is 0.0333. The van der Waals surface area contributed by atoms with Gasteiger partial charge < -0.3 is 4.90 Å². The maximum atomic E-state index is 4.62. The highest BCUT2D eigenvalue weighted by atomic mass is 15.4. The molecule has 3 heterocycles. The van der Waals surface area contributed by atoms with Gasteiger partial charge >= 0.3 is 0 Å². The summed E-state index contributed by atoms with van der Waals surface area (Å²) in [5.41, 5.74) is 4.27. The monoisotopic (exact) mass is 451 g/mol. The van der Waals surface area contributed by atoms with Crippen LogP contribution in [0.1, 0.15) is 11.4 Å². The summed E-state index contributed by atoms with van der Waals surface area (Å²) in [6.45, 7) is 0.764. The van der Waals surface area contributed by atoms with Crippen molar-refractivity contribution in [2.24, 2.45) is 0 Å². The molecular weight excluding hydrogens is 430 g/mol. The van der Waals surface area contributed by atoms with E-state index in [9.17, 15) is 0 Å². The van der Waals surface area contributed by atoms with Gasteiger partial charge in [-0.25, -0.2) is 15.0 Å². The van der Waals surface area contributed by atoms with Gasteiger partial charge in [-0.1, -0.05) is 78.9 Å². The molecular formula is C30H21N5. The Kier molecular flexibility index (Phi) is 4.45. The van der Waals surface area contributed by atoms with Crippen LogP contribution >= 0.6 is 0 Å². The summed E-state index contributed by atoms with van der Waals surface area (Å²) >= 11 is 0. The lowest BCUT2D eigenvalue weighted by Crippen LogP contribution is -2.27. The molecule has 0 radical (unpaired) electrons. The van der Waals surface area contributed by atoms with Crippen molar-refractivity contribution in [1.29, 1.82) is 0 Å². The molecule has 0 saturated carbocycles. The van der Waals surface area contributed by atoms with Crippen molar-refractivity contribution in [2.75, 3.05) is 11.4 Å². The molecule has 5 heteroatoms. The van der Waals surface area contributed by atoms with E-state index < -0.39 is 0 Å². The number of allylic oxidation sites excluding steroid dienone is 2. The minimum absolute atomic E-state index is 0.645. The van der Waals surface area contributed by atoms with Crippen LogP contribution in [-0.4, -0.2) is 26.4 Å². The fourth-order valence-corrected chi connectivity index (χ4v) is 5.18. The number of para-hydroxylation sites is 1. The normalized spacial score (nSPS) is 15.1. The van der Waals surface area contributed by atoms with Crippen LogP contribution in [0.4, 0.5) is 5.69 Å². The van der Waals surface area contributed by atoms with Crippen molar-refractivity contribution >= 4 is 38.6 Å². The van der Waals surface area contributed by atoms with Gasteiger partial charge in [-0.2, -0.15) is 0 Å². The predicted octanol–water partition coefficient (Wildman–Crippen LogP) is 6.24. The second kappa shape index (κ2) is 7.92. The molecule has 0 fully saturated rings. The lowest BCUT2D eigenvalue weighted by Gasteiger charge is -2.28. The van der Waals surface area contributed by atoms with Gasteiger partial charge in [0, 0.05) is 17.8 Å². The van der Waals surface area contributed by atoms with E-state index in [1.54, 1.807) is 12.7 Å². The first-order valence-corrected chi connectivity index (χ1v) is 11.7. The number of nitrogens with zero attached hydrogens (tertiary/aromatic N) is 5. The lowest BCUT2D eigenvalue weighted by molar-refractivity contribution is 0.547. The highest BCUT2D eigenvalue weighted by Crippen LogP contribution is 2.47. The molecule has 0 unspecified atom stereocenters. The Labute approximate surface area is 203 Å². The van der Waals surface area contributed by atoms with E-state index in [1.807, 2.05) is 6.07 Å². The highest BCUT2D eigenvalue weighted by molar-refractivity contribution is 6.15. The summed E-state index contributed by atoms with van der Waals surface area (Å²) in [6.07, 6.45) is 9.60. The van der Waals surface area contributed by atoms with Gasteiger partial charge in [0.2, 0.25) is 0 Å². The summed E-state index contributed by atoms with van der Waals surface area (Å²) < 4.78 is 0. The number of aromatic nitrogens is 3. The Morgan fingerprint density at radius 2 is 1.40 bits per heavy atom. The average Bonchev–Trinajstić information content (AvgIpc) is 3.29. The molecule has 0 saturated heterocycles. The molecule has 5 nitrogen and oxygen atoms in total. The summed E-state index contributed by atoms with van der Waals surface area (Å²) in [6, 6.07) is 29.9. The molecule has 0 N–H and O–H groups in total. The van der Waals surface area contributed by atoms with Gasteiger partial charge in [-0.3, -0.25) is 4.90 Å². The number of hydrogen-bond acceptors (Lipinski definition) is 5. The van der Waals surface area contributed by atoms with Gasteiger partial charge in [0.1, 0.15) is 24.2 Å². The van der Waals surface area contributed by atoms with E-state index in [4.69, 9.17) is 0 Å². The van der Waals surface area contributed by atoms with E-state index in [1.165, 1.54) is 21.5 Å². The fourth-order valence-electron chi connectivity index (χ4n) is 5.18. The number of fused-ring (bicyclic) bond motifs is 4. The number of benzene rings is 4. The average molecular weight is 452 g/mol. The molecule has 0 spiro atoms.